The molecule has 0 unspecified atom stereocenters. The van der Waals surface area contributed by atoms with Crippen LogP contribution in [0.25, 0.3) is 91.9 Å². The smallest absolute Gasteiger partial charge is 0.137 e. The highest BCUT2D eigenvalue weighted by Crippen LogP contribution is 2.46. The van der Waals surface area contributed by atoms with Crippen LogP contribution in [0.1, 0.15) is 0 Å². The number of anilines is 3. The Balaban J connectivity index is 0.946. The summed E-state index contributed by atoms with van der Waals surface area (Å²) in [6.07, 6.45) is 0. The van der Waals surface area contributed by atoms with E-state index >= 15 is 0 Å². The fourth-order valence-corrected chi connectivity index (χ4v) is 10.1. The molecule has 272 valence electrons. The van der Waals surface area contributed by atoms with E-state index in [-0.39, 0.29) is 0 Å². The molecule has 3 nitrogen and oxygen atoms in total. The van der Waals surface area contributed by atoms with Gasteiger partial charge in [0.2, 0.25) is 0 Å². The second-order valence-corrected chi connectivity index (χ2v) is 16.0. The van der Waals surface area contributed by atoms with E-state index in [2.05, 4.69) is 204 Å². The van der Waals surface area contributed by atoms with Crippen molar-refractivity contribution >= 4 is 92.3 Å². The van der Waals surface area contributed by atoms with Gasteiger partial charge in [-0.15, -0.1) is 11.3 Å². The van der Waals surface area contributed by atoms with Gasteiger partial charge in [-0.1, -0.05) is 133 Å². The molecule has 0 aliphatic heterocycles. The number of fused-ring (bicyclic) bond motifs is 9. The molecule has 0 aliphatic carbocycles. The van der Waals surface area contributed by atoms with Gasteiger partial charge in [-0.25, -0.2) is 0 Å². The lowest BCUT2D eigenvalue weighted by atomic mass is 9.98. The number of hydrogen-bond donors (Lipinski definition) is 0. The summed E-state index contributed by atoms with van der Waals surface area (Å²) in [5, 5.41) is 7.31. The fraction of sp³-hybridized carbons (Fsp3) is 0. The van der Waals surface area contributed by atoms with Gasteiger partial charge in [-0.05, 0) is 83.4 Å². The number of thiophene rings is 1. The van der Waals surface area contributed by atoms with Crippen LogP contribution in [0.3, 0.4) is 0 Å². The number of hydrogen-bond acceptors (Lipinski definition) is 3. The first-order valence-electron chi connectivity index (χ1n) is 19.7. The van der Waals surface area contributed by atoms with Crippen LogP contribution in [0.4, 0.5) is 17.1 Å². The van der Waals surface area contributed by atoms with E-state index in [1.807, 2.05) is 23.5 Å². The standard InChI is InChI=1S/C54H34N2OS/c1-6-17-46(56-47-18-7-2-13-41(47)42-14-3-8-19-48(42)56)40(12-1)37-26-24-35(25-27-37)36-28-30-38(31-29-36)55(39-32-33-44-43-15-4-9-21-50(43)57-51(44)34-39)49-20-11-23-53-54(49)45-16-5-10-22-52(45)58-53/h1-34H. The normalized spacial score (nSPS) is 11.8. The predicted molar refractivity (Wildman–Crippen MR) is 247 cm³/mol. The molecule has 12 aromatic rings. The van der Waals surface area contributed by atoms with Gasteiger partial charge in [0, 0.05) is 64.7 Å². The monoisotopic (exact) mass is 758 g/mol. The van der Waals surface area contributed by atoms with E-state index in [9.17, 15) is 0 Å². The molecule has 0 fully saturated rings. The van der Waals surface area contributed by atoms with Crippen molar-refractivity contribution in [3.63, 3.8) is 0 Å². The first-order valence-corrected chi connectivity index (χ1v) is 20.5. The largest absolute Gasteiger partial charge is 0.456 e. The molecule has 0 spiro atoms. The van der Waals surface area contributed by atoms with Crippen molar-refractivity contribution in [2.75, 3.05) is 4.90 Å². The Hall–Kier alpha value is -7.40. The van der Waals surface area contributed by atoms with Gasteiger partial charge in [-0.3, -0.25) is 0 Å². The molecule has 0 amide bonds. The van der Waals surface area contributed by atoms with Gasteiger partial charge in [0.15, 0.2) is 0 Å². The predicted octanol–water partition coefficient (Wildman–Crippen LogP) is 15.9. The minimum atomic E-state index is 0.877. The highest BCUT2D eigenvalue weighted by molar-refractivity contribution is 7.26. The molecular formula is C54H34N2OS. The number of nitrogens with zero attached hydrogens (tertiary/aromatic N) is 2. The number of aromatic nitrogens is 1. The van der Waals surface area contributed by atoms with Gasteiger partial charge >= 0.3 is 0 Å². The molecule has 3 aromatic heterocycles. The SMILES string of the molecule is c1ccc(-n2c3ccccc3c3ccccc32)c(-c2ccc(-c3ccc(N(c4ccc5c(c4)oc4ccccc45)c4cccc5sc6ccccc6c45)cc3)cc2)c1. The summed E-state index contributed by atoms with van der Waals surface area (Å²) in [6, 6.07) is 74.4. The number of benzene rings is 9. The van der Waals surface area contributed by atoms with E-state index in [4.69, 9.17) is 4.42 Å². The minimum absolute atomic E-state index is 0.877. The van der Waals surface area contributed by atoms with Crippen LogP contribution in [0.5, 0.6) is 0 Å². The molecule has 9 aromatic carbocycles. The van der Waals surface area contributed by atoms with Crippen LogP contribution in [-0.4, -0.2) is 4.57 Å². The van der Waals surface area contributed by atoms with Crippen molar-refractivity contribution in [3.8, 4) is 27.9 Å². The highest BCUT2D eigenvalue weighted by Gasteiger charge is 2.20. The van der Waals surface area contributed by atoms with Crippen molar-refractivity contribution in [2.45, 2.75) is 0 Å². The van der Waals surface area contributed by atoms with Crippen molar-refractivity contribution in [1.29, 1.82) is 0 Å². The lowest BCUT2D eigenvalue weighted by Crippen LogP contribution is -2.10. The average molecular weight is 759 g/mol. The topological polar surface area (TPSA) is 21.3 Å². The molecule has 0 aliphatic rings. The van der Waals surface area contributed by atoms with Crippen LogP contribution in [0, 0.1) is 0 Å². The Kier molecular flexibility index (Phi) is 7.40. The molecule has 0 saturated carbocycles. The molecule has 3 heterocycles. The summed E-state index contributed by atoms with van der Waals surface area (Å²) >= 11 is 1.84. The van der Waals surface area contributed by atoms with Gasteiger partial charge < -0.3 is 13.9 Å². The van der Waals surface area contributed by atoms with E-state index in [1.54, 1.807) is 0 Å². The van der Waals surface area contributed by atoms with Crippen molar-refractivity contribution in [3.05, 3.63) is 206 Å². The van der Waals surface area contributed by atoms with Gasteiger partial charge in [-0.2, -0.15) is 0 Å². The lowest BCUT2D eigenvalue weighted by Gasteiger charge is -2.26. The Morgan fingerprint density at radius 3 is 1.74 bits per heavy atom. The third-order valence-electron chi connectivity index (χ3n) is 11.6. The van der Waals surface area contributed by atoms with E-state index in [0.29, 0.717) is 0 Å². The van der Waals surface area contributed by atoms with Gasteiger partial charge in [0.25, 0.3) is 0 Å². The number of rotatable bonds is 6. The molecular weight excluding hydrogens is 725 g/mol. The van der Waals surface area contributed by atoms with Gasteiger partial charge in [0.1, 0.15) is 11.2 Å². The molecule has 0 saturated heterocycles. The maximum Gasteiger partial charge on any atom is 0.137 e. The first kappa shape index (κ1) is 32.8. The van der Waals surface area contributed by atoms with Crippen LogP contribution in [0.15, 0.2) is 211 Å². The van der Waals surface area contributed by atoms with Crippen LogP contribution in [-0.2, 0) is 0 Å². The fourth-order valence-electron chi connectivity index (χ4n) is 8.96. The zero-order valence-corrected chi connectivity index (χ0v) is 32.2. The average Bonchev–Trinajstić information content (AvgIpc) is 3.97. The third-order valence-corrected chi connectivity index (χ3v) is 12.8. The van der Waals surface area contributed by atoms with E-state index in [1.165, 1.54) is 64.4 Å². The van der Waals surface area contributed by atoms with E-state index in [0.717, 1.165) is 44.6 Å². The Bertz CT molecular complexity index is 3460. The summed E-state index contributed by atoms with van der Waals surface area (Å²) in [4.78, 5) is 2.38. The lowest BCUT2D eigenvalue weighted by molar-refractivity contribution is 0.669. The summed E-state index contributed by atoms with van der Waals surface area (Å²) in [5.74, 6) is 0. The summed E-state index contributed by atoms with van der Waals surface area (Å²) in [5.41, 5.74) is 13.4. The Morgan fingerprint density at radius 1 is 0.397 bits per heavy atom. The van der Waals surface area contributed by atoms with Crippen LogP contribution < -0.4 is 4.90 Å². The van der Waals surface area contributed by atoms with Crippen molar-refractivity contribution in [1.82, 2.24) is 4.57 Å². The van der Waals surface area contributed by atoms with Crippen molar-refractivity contribution < 1.29 is 4.42 Å². The summed E-state index contributed by atoms with van der Waals surface area (Å²) in [6.45, 7) is 0. The molecule has 0 radical (unpaired) electrons. The summed E-state index contributed by atoms with van der Waals surface area (Å²) in [7, 11) is 0. The first-order chi connectivity index (χ1) is 28.8. The number of furan rings is 1. The quantitative estimate of drug-likeness (QED) is 0.168. The molecule has 0 atom stereocenters. The number of para-hydroxylation sites is 4. The molecule has 4 heteroatoms. The molecule has 0 N–H and O–H groups in total. The maximum atomic E-state index is 6.42. The van der Waals surface area contributed by atoms with Gasteiger partial charge in [0.05, 0.1) is 22.4 Å². The van der Waals surface area contributed by atoms with Crippen LogP contribution in [0.2, 0.25) is 0 Å². The zero-order valence-electron chi connectivity index (χ0n) is 31.3. The zero-order chi connectivity index (χ0) is 38.2. The van der Waals surface area contributed by atoms with Crippen molar-refractivity contribution in [2.24, 2.45) is 0 Å². The van der Waals surface area contributed by atoms with E-state index < -0.39 is 0 Å². The minimum Gasteiger partial charge on any atom is -0.456 e. The molecule has 12 rings (SSSR count). The maximum absolute atomic E-state index is 6.42. The third kappa shape index (κ3) is 5.12. The summed E-state index contributed by atoms with van der Waals surface area (Å²) < 4.78 is 11.4. The highest BCUT2D eigenvalue weighted by atomic mass is 32.1. The second-order valence-electron chi connectivity index (χ2n) is 14.9. The Labute approximate surface area is 338 Å². The molecule has 58 heavy (non-hydrogen) atoms. The second kappa shape index (κ2) is 13.1. The Morgan fingerprint density at radius 2 is 0.966 bits per heavy atom. The molecule has 0 bridgehead atoms. The van der Waals surface area contributed by atoms with Crippen LogP contribution >= 0.6 is 11.3 Å².